The van der Waals surface area contributed by atoms with E-state index in [-0.39, 0.29) is 11.9 Å². The highest BCUT2D eigenvalue weighted by molar-refractivity contribution is 5.81. The highest BCUT2D eigenvalue weighted by atomic mass is 16.5. The van der Waals surface area contributed by atoms with Crippen LogP contribution in [0.25, 0.3) is 0 Å². The summed E-state index contributed by atoms with van der Waals surface area (Å²) in [6.45, 7) is 2.76. The van der Waals surface area contributed by atoms with Crippen molar-refractivity contribution in [1.29, 1.82) is 0 Å². The van der Waals surface area contributed by atoms with Crippen molar-refractivity contribution in [3.63, 3.8) is 0 Å². The quantitative estimate of drug-likeness (QED) is 0.741. The first kappa shape index (κ1) is 10.3. The van der Waals surface area contributed by atoms with Crippen LogP contribution in [0.4, 0.5) is 4.79 Å². The molecule has 5 heteroatoms. The molecule has 1 atom stereocenters. The van der Waals surface area contributed by atoms with Gasteiger partial charge >= 0.3 is 6.09 Å². The number of nitrogens with zero attached hydrogens (tertiary/aromatic N) is 1. The van der Waals surface area contributed by atoms with E-state index in [9.17, 15) is 9.59 Å². The normalized spacial score (nSPS) is 25.5. The summed E-state index contributed by atoms with van der Waals surface area (Å²) >= 11 is 0. The highest BCUT2D eigenvalue weighted by Crippen LogP contribution is 2.30. The molecule has 2 amide bonds. The predicted octanol–water partition coefficient (Wildman–Crippen LogP) is 0.496. The standard InChI is InChI=1S/C10H16N2O3/c1-2-15-10(14)11-7-5-9(13)12(6-7)8-3-4-8/h7-8H,2-6H2,1H3,(H,11,14). The van der Waals surface area contributed by atoms with E-state index in [2.05, 4.69) is 5.32 Å². The Morgan fingerprint density at radius 2 is 2.33 bits per heavy atom. The van der Waals surface area contributed by atoms with Gasteiger partial charge in [-0.05, 0) is 19.8 Å². The molecule has 1 saturated heterocycles. The number of carbonyl (C=O) groups is 2. The number of alkyl carbamates (subject to hydrolysis) is 1. The summed E-state index contributed by atoms with van der Waals surface area (Å²) in [5.41, 5.74) is 0. The second-order valence-electron chi connectivity index (χ2n) is 4.04. The lowest BCUT2D eigenvalue weighted by atomic mass is 10.3. The van der Waals surface area contributed by atoms with Gasteiger partial charge in [-0.1, -0.05) is 0 Å². The first-order valence-corrected chi connectivity index (χ1v) is 5.43. The molecule has 2 fully saturated rings. The molecule has 0 aromatic carbocycles. The third-order valence-corrected chi connectivity index (χ3v) is 2.74. The van der Waals surface area contributed by atoms with Crippen molar-refractivity contribution in [1.82, 2.24) is 10.2 Å². The Hall–Kier alpha value is -1.26. The Balaban J connectivity index is 1.80. The number of amides is 2. The lowest BCUT2D eigenvalue weighted by molar-refractivity contribution is -0.128. The van der Waals surface area contributed by atoms with Crippen LogP contribution >= 0.6 is 0 Å². The van der Waals surface area contributed by atoms with Crippen LogP contribution in [-0.2, 0) is 9.53 Å². The van der Waals surface area contributed by atoms with Crippen molar-refractivity contribution in [3.05, 3.63) is 0 Å². The Labute approximate surface area is 88.8 Å². The third kappa shape index (κ3) is 2.40. The van der Waals surface area contributed by atoms with Crippen molar-refractivity contribution < 1.29 is 14.3 Å². The molecular formula is C10H16N2O3. The average Bonchev–Trinajstić information content (AvgIpc) is 2.93. The van der Waals surface area contributed by atoms with Gasteiger partial charge < -0.3 is 15.0 Å². The lowest BCUT2D eigenvalue weighted by Gasteiger charge is -2.15. The summed E-state index contributed by atoms with van der Waals surface area (Å²) in [7, 11) is 0. The van der Waals surface area contributed by atoms with E-state index in [1.54, 1.807) is 6.92 Å². The smallest absolute Gasteiger partial charge is 0.407 e. The third-order valence-electron chi connectivity index (χ3n) is 2.74. The SMILES string of the molecule is CCOC(=O)NC1CC(=O)N(C2CC2)C1. The van der Waals surface area contributed by atoms with Crippen LogP contribution in [0, 0.1) is 0 Å². The molecule has 1 unspecified atom stereocenters. The van der Waals surface area contributed by atoms with Crippen molar-refractivity contribution >= 4 is 12.0 Å². The van der Waals surface area contributed by atoms with E-state index in [1.165, 1.54) is 0 Å². The molecule has 84 valence electrons. The van der Waals surface area contributed by atoms with E-state index < -0.39 is 6.09 Å². The number of hydrogen-bond donors (Lipinski definition) is 1. The van der Waals surface area contributed by atoms with Gasteiger partial charge in [0, 0.05) is 19.0 Å². The first-order valence-electron chi connectivity index (χ1n) is 5.43. The van der Waals surface area contributed by atoms with Crippen LogP contribution in [-0.4, -0.2) is 42.1 Å². The fourth-order valence-electron chi connectivity index (χ4n) is 1.91. The maximum atomic E-state index is 11.5. The maximum absolute atomic E-state index is 11.5. The molecule has 0 spiro atoms. The summed E-state index contributed by atoms with van der Waals surface area (Å²) in [5, 5.41) is 2.70. The molecule has 15 heavy (non-hydrogen) atoms. The number of rotatable bonds is 3. The minimum absolute atomic E-state index is 0.0721. The topological polar surface area (TPSA) is 58.6 Å². The van der Waals surface area contributed by atoms with Crippen LogP contribution in [0.1, 0.15) is 26.2 Å². The van der Waals surface area contributed by atoms with E-state index in [0.29, 0.717) is 25.6 Å². The van der Waals surface area contributed by atoms with Crippen molar-refractivity contribution in [2.75, 3.05) is 13.2 Å². The maximum Gasteiger partial charge on any atom is 0.407 e. The molecule has 0 aromatic rings. The molecule has 1 aliphatic heterocycles. The fourth-order valence-corrected chi connectivity index (χ4v) is 1.91. The summed E-state index contributed by atoms with van der Waals surface area (Å²) in [6, 6.07) is 0.364. The fraction of sp³-hybridized carbons (Fsp3) is 0.800. The zero-order valence-corrected chi connectivity index (χ0v) is 8.86. The molecule has 1 saturated carbocycles. The van der Waals surface area contributed by atoms with Gasteiger partial charge in [0.1, 0.15) is 0 Å². The zero-order chi connectivity index (χ0) is 10.8. The number of ether oxygens (including phenoxy) is 1. The summed E-state index contributed by atoms with van der Waals surface area (Å²) in [6.07, 6.45) is 2.21. The molecule has 0 bridgehead atoms. The minimum atomic E-state index is -0.423. The van der Waals surface area contributed by atoms with Crippen LogP contribution in [0.3, 0.4) is 0 Å². The van der Waals surface area contributed by atoms with E-state index in [4.69, 9.17) is 4.74 Å². The molecule has 5 nitrogen and oxygen atoms in total. The zero-order valence-electron chi connectivity index (χ0n) is 8.86. The molecule has 1 N–H and O–H groups in total. The van der Waals surface area contributed by atoms with Crippen LogP contribution < -0.4 is 5.32 Å². The average molecular weight is 212 g/mol. The summed E-state index contributed by atoms with van der Waals surface area (Å²) < 4.78 is 4.77. The van der Waals surface area contributed by atoms with Crippen LogP contribution in [0.5, 0.6) is 0 Å². The first-order chi connectivity index (χ1) is 7.20. The van der Waals surface area contributed by atoms with E-state index >= 15 is 0 Å². The Morgan fingerprint density at radius 1 is 1.60 bits per heavy atom. The van der Waals surface area contributed by atoms with Gasteiger partial charge in [-0.2, -0.15) is 0 Å². The molecule has 0 radical (unpaired) electrons. The van der Waals surface area contributed by atoms with Gasteiger partial charge in [0.2, 0.25) is 5.91 Å². The van der Waals surface area contributed by atoms with Crippen molar-refractivity contribution in [2.24, 2.45) is 0 Å². The number of nitrogens with one attached hydrogen (secondary N) is 1. The number of carbonyl (C=O) groups excluding carboxylic acids is 2. The molecule has 2 aliphatic rings. The van der Waals surface area contributed by atoms with Crippen molar-refractivity contribution in [2.45, 2.75) is 38.3 Å². The second-order valence-corrected chi connectivity index (χ2v) is 4.04. The van der Waals surface area contributed by atoms with E-state index in [1.807, 2.05) is 4.90 Å². The summed E-state index contributed by atoms with van der Waals surface area (Å²) in [4.78, 5) is 24.5. The highest BCUT2D eigenvalue weighted by Gasteiger charge is 2.39. The van der Waals surface area contributed by atoms with Gasteiger partial charge in [0.15, 0.2) is 0 Å². The molecule has 0 aromatic heterocycles. The molecule has 1 heterocycles. The molecule has 2 rings (SSSR count). The Kier molecular flexibility index (Phi) is 2.79. The molecular weight excluding hydrogens is 196 g/mol. The number of hydrogen-bond acceptors (Lipinski definition) is 3. The Bertz CT molecular complexity index is 276. The second kappa shape index (κ2) is 4.08. The van der Waals surface area contributed by atoms with Gasteiger partial charge in [-0.15, -0.1) is 0 Å². The monoisotopic (exact) mass is 212 g/mol. The van der Waals surface area contributed by atoms with Crippen LogP contribution in [0.2, 0.25) is 0 Å². The van der Waals surface area contributed by atoms with Gasteiger partial charge in [-0.3, -0.25) is 4.79 Å². The molecule has 1 aliphatic carbocycles. The van der Waals surface area contributed by atoms with E-state index in [0.717, 1.165) is 12.8 Å². The van der Waals surface area contributed by atoms with Crippen molar-refractivity contribution in [3.8, 4) is 0 Å². The lowest BCUT2D eigenvalue weighted by Crippen LogP contribution is -2.37. The minimum Gasteiger partial charge on any atom is -0.450 e. The van der Waals surface area contributed by atoms with Crippen LogP contribution in [0.15, 0.2) is 0 Å². The summed E-state index contributed by atoms with van der Waals surface area (Å²) in [5.74, 6) is 0.152. The van der Waals surface area contributed by atoms with Gasteiger partial charge in [0.05, 0.1) is 12.6 Å². The van der Waals surface area contributed by atoms with Gasteiger partial charge in [0.25, 0.3) is 0 Å². The Morgan fingerprint density at radius 3 is 2.93 bits per heavy atom. The predicted molar refractivity (Wildman–Crippen MR) is 53.3 cm³/mol. The van der Waals surface area contributed by atoms with Gasteiger partial charge in [-0.25, -0.2) is 4.79 Å². The number of likely N-dealkylation sites (tertiary alicyclic amines) is 1. The largest absolute Gasteiger partial charge is 0.450 e.